The van der Waals surface area contributed by atoms with E-state index in [4.69, 9.17) is 11.5 Å². The second kappa shape index (κ2) is 50.5. The number of aliphatic carboxylic acids is 3. The summed E-state index contributed by atoms with van der Waals surface area (Å²) in [4.78, 5) is 282. The largest absolute Gasteiger partial charge is 0.508 e. The van der Waals surface area contributed by atoms with Gasteiger partial charge in [0.25, 0.3) is 0 Å². The number of phenols is 1. The fourth-order valence-corrected chi connectivity index (χ4v) is 17.0. The zero-order valence-corrected chi connectivity index (χ0v) is 76.0. The third-order valence-corrected chi connectivity index (χ3v) is 24.8. The molecule has 0 radical (unpaired) electrons. The number of nitrogens with one attached hydrogen (secondary N) is 12. The van der Waals surface area contributed by atoms with E-state index in [0.717, 1.165) is 24.5 Å². The molecule has 0 saturated carbocycles. The summed E-state index contributed by atoms with van der Waals surface area (Å²) in [5.74, 6) is -22.8. The molecule has 3 aliphatic heterocycles. The number of nitrogens with zero attached hydrogens (tertiary/aromatic N) is 5. The van der Waals surface area contributed by atoms with E-state index in [2.05, 4.69) is 63.1 Å². The number of nitrogens with two attached hydrogens (primary N) is 2. The Morgan fingerprint density at radius 1 is 0.500 bits per heavy atom. The van der Waals surface area contributed by atoms with Gasteiger partial charge in [0.2, 0.25) is 94.5 Å². The Balaban J connectivity index is 1.21. The van der Waals surface area contributed by atoms with Crippen LogP contribution in [0.2, 0.25) is 0 Å². The highest BCUT2D eigenvalue weighted by atomic mass is 32.2. The topological polar surface area (TPSA) is 686 Å². The second-order valence-corrected chi connectivity index (χ2v) is 34.6. The van der Waals surface area contributed by atoms with Crippen LogP contribution in [0.4, 0.5) is 0 Å². The number of aromatic nitrogens is 2. The number of para-hydroxylation sites is 2. The van der Waals surface area contributed by atoms with Crippen molar-refractivity contribution in [3.05, 3.63) is 102 Å². The molecule has 3 aromatic carbocycles. The van der Waals surface area contributed by atoms with Crippen molar-refractivity contribution in [1.82, 2.24) is 87.6 Å². The highest BCUT2D eigenvalue weighted by Gasteiger charge is 2.47. The molecule has 2 unspecified atom stereocenters. The molecule has 45 nitrogen and oxygen atoms in total. The predicted molar refractivity (Wildman–Crippen MR) is 480 cm³/mol. The van der Waals surface area contributed by atoms with Crippen molar-refractivity contribution >= 4 is 146 Å². The smallest absolute Gasteiger partial charge is 0.305 e. The van der Waals surface area contributed by atoms with Crippen LogP contribution in [-0.4, -0.2) is 338 Å². The first kappa shape index (κ1) is 106. The van der Waals surface area contributed by atoms with Crippen molar-refractivity contribution < 1.29 is 127 Å². The Hall–Kier alpha value is -13.3. The molecule has 3 aliphatic rings. The van der Waals surface area contributed by atoms with Gasteiger partial charge in [-0.2, -0.15) is 0 Å². The number of rotatable bonds is 27. The van der Waals surface area contributed by atoms with Gasteiger partial charge in [-0.25, -0.2) is 0 Å². The Morgan fingerprint density at radius 3 is 1.57 bits per heavy atom. The van der Waals surface area contributed by atoms with Crippen LogP contribution in [0.1, 0.15) is 140 Å². The maximum absolute atomic E-state index is 15.8. The molecular weight excluding hydrogens is 1770 g/mol. The molecule has 16 amide bonds. The number of benzene rings is 3. The summed E-state index contributed by atoms with van der Waals surface area (Å²) in [6.07, 6.45) is -6.15. The van der Waals surface area contributed by atoms with Gasteiger partial charge in [0.1, 0.15) is 84.5 Å². The lowest BCUT2D eigenvalue weighted by molar-refractivity contribution is -0.149. The first-order valence-electron chi connectivity index (χ1n) is 44.1. The molecule has 730 valence electrons. The van der Waals surface area contributed by atoms with Crippen LogP contribution in [-0.2, 0) is 110 Å². The van der Waals surface area contributed by atoms with E-state index in [9.17, 15) is 93.3 Å². The second-order valence-electron chi connectivity index (χ2n) is 33.5. The molecule has 2 aromatic heterocycles. The van der Waals surface area contributed by atoms with Gasteiger partial charge in [-0.1, -0.05) is 88.1 Å². The Morgan fingerprint density at radius 2 is 0.993 bits per heavy atom. The van der Waals surface area contributed by atoms with Crippen LogP contribution in [0.5, 0.6) is 5.75 Å². The molecule has 46 heteroatoms. The highest BCUT2D eigenvalue weighted by Crippen LogP contribution is 2.28. The maximum Gasteiger partial charge on any atom is 0.305 e. The zero-order valence-electron chi connectivity index (χ0n) is 75.2. The van der Waals surface area contributed by atoms with E-state index in [1.807, 2.05) is 0 Å². The van der Waals surface area contributed by atoms with Crippen LogP contribution < -0.4 is 64.6 Å². The number of aliphatic hydroxyl groups is 3. The van der Waals surface area contributed by atoms with Gasteiger partial charge in [0.15, 0.2) is 0 Å². The van der Waals surface area contributed by atoms with Gasteiger partial charge < -0.3 is 130 Å². The number of H-pyrrole nitrogens is 2. The number of carbonyl (C=O) groups is 19. The van der Waals surface area contributed by atoms with Gasteiger partial charge in [0.05, 0.1) is 43.5 Å². The number of primary amides is 2. The lowest BCUT2D eigenvalue weighted by Crippen LogP contribution is -2.61. The quantitative estimate of drug-likeness (QED) is 0.0240. The first-order chi connectivity index (χ1) is 63.6. The number of aromatic amines is 2. The highest BCUT2D eigenvalue weighted by molar-refractivity contribution is 8.00. The van der Waals surface area contributed by atoms with Crippen molar-refractivity contribution in [2.75, 3.05) is 58.9 Å². The standard InChI is InChI=1S/C88H121N19O26S/c1-7-9-20-65-81(126)96-57(29-32-73(116)117)78(123)102-64(76(121)93-41-70(90)112)44-134-45-71(113)94-60(34-47-23-25-50(109)26-24-47)84(129)103(4)46(3)75(120)99-62(38-74(118)119)87(132)106-33-15-22-66(106)82(127)101-63(43-108)80(125)97-58(27-30-69(89)111)86(131)107-42-51(110)37-68(107)83(128)98-59(35-48-39-91-54-18-13-11-16-52(48)54)79(124)95-56(28-31-72(114)115)77(122)100-61(36-49-40-92-55-19-14-12-17-53(49)55)85(130)105(6)67(21-10-8-2)88(133)104(65)5/h11-14,16-19,23-26,39-40,46,51,56-68,75,91-92,99,108-110,120H,7-10,15,20-22,27-38,41-45H2,1-6H3,(H2,89,111)(H2,90,112)(H,93,121)(H,94,113)(H,95,124)(H,96,126)(H,97,125)(H,98,128)(H,100,122)(H,101,127)(H,102,123)(H,114,115)(H,116,117)(H,118,119)/t46-,51+,56-,57-,58-,59-,60?,61-,62-,63-,64-,65-,66-,67-,68-,75?/m0/s1. The maximum atomic E-state index is 15.8. The predicted octanol–water partition coefficient (Wildman–Crippen LogP) is -3.82. The molecule has 16 atom stereocenters. The minimum absolute atomic E-state index is 0.0842. The molecule has 8 rings (SSSR count). The van der Waals surface area contributed by atoms with E-state index in [0.29, 0.717) is 63.1 Å². The van der Waals surface area contributed by atoms with Crippen LogP contribution in [0.3, 0.4) is 0 Å². The van der Waals surface area contributed by atoms with E-state index >= 15 is 33.6 Å². The van der Waals surface area contributed by atoms with Crippen molar-refractivity contribution in [2.45, 2.75) is 240 Å². The number of thioether (sulfide) groups is 1. The zero-order chi connectivity index (χ0) is 98.5. The SMILES string of the molecule is CCCC[C@H]1C(=O)N(C)[C@@H](CCCC)C(=O)N[C@@H](CCC(=O)O)C(=O)N[C@H](C(=O)NCC(N)=O)CSCC(=O)NC(Cc2ccc(O)cc2)C(=O)N(C)[C@@H](C)C(O)N[C@@H](CC(=O)O)C(=O)N2CCC[C@H]2C(=O)N[C@@H](CO)C(=O)N[C@@H](CCC(N)=O)C(=O)N2C[C@H](O)C[C@H]2C(=O)N[C@@H](Cc2c[nH]c3ccccc23)C(=O)N[C@@H](CCC(=O)O)C(=O)N[C@@H](Cc2c[nH]c3ccccc23)C(=O)N1C. The van der Waals surface area contributed by atoms with E-state index in [1.165, 1.54) is 58.5 Å². The summed E-state index contributed by atoms with van der Waals surface area (Å²) in [6.45, 7) is 2.00. The number of amides is 16. The number of carboxylic acid groups (broad SMARTS) is 3. The first-order valence-corrected chi connectivity index (χ1v) is 45.3. The van der Waals surface area contributed by atoms with Crippen molar-refractivity contribution in [1.29, 1.82) is 0 Å². The summed E-state index contributed by atoms with van der Waals surface area (Å²) < 4.78 is 0. The summed E-state index contributed by atoms with van der Waals surface area (Å²) >= 11 is 0.684. The summed E-state index contributed by atoms with van der Waals surface area (Å²) in [5.41, 5.74) is 13.3. The van der Waals surface area contributed by atoms with Crippen molar-refractivity contribution in [2.24, 2.45) is 11.5 Å². The molecule has 5 heterocycles. The number of hydrogen-bond acceptors (Lipinski definition) is 25. The fourth-order valence-electron chi connectivity index (χ4n) is 16.2. The van der Waals surface area contributed by atoms with Crippen LogP contribution >= 0.6 is 11.8 Å². The average molecular weight is 1890 g/mol. The number of aromatic hydroxyl groups is 1. The molecule has 0 bridgehead atoms. The Labute approximate surface area is 774 Å². The fraction of sp³-hybridized carbons (Fsp3) is 0.534. The summed E-state index contributed by atoms with van der Waals surface area (Å²) in [5, 5.41) is 101. The van der Waals surface area contributed by atoms with Crippen LogP contribution in [0.15, 0.2) is 85.2 Å². The van der Waals surface area contributed by atoms with Crippen LogP contribution in [0, 0.1) is 0 Å². The van der Waals surface area contributed by atoms with E-state index in [-0.39, 0.29) is 63.7 Å². The van der Waals surface area contributed by atoms with Crippen molar-refractivity contribution in [3.63, 3.8) is 0 Å². The van der Waals surface area contributed by atoms with E-state index in [1.54, 1.807) is 68.6 Å². The van der Waals surface area contributed by atoms with Gasteiger partial charge in [-0.3, -0.25) is 96.4 Å². The molecule has 5 aromatic rings. The van der Waals surface area contributed by atoms with Crippen molar-refractivity contribution in [3.8, 4) is 5.75 Å². The third-order valence-electron chi connectivity index (χ3n) is 23.8. The molecular formula is C88H121N19O26S. The monoisotopic (exact) mass is 1890 g/mol. The van der Waals surface area contributed by atoms with Gasteiger partial charge in [-0.15, -0.1) is 11.8 Å². The third kappa shape index (κ3) is 29.8. The van der Waals surface area contributed by atoms with E-state index < -0.39 is 298 Å². The lowest BCUT2D eigenvalue weighted by Gasteiger charge is -2.36. The molecule has 134 heavy (non-hydrogen) atoms. The average Bonchev–Trinajstić information content (AvgIpc) is 1.55. The van der Waals surface area contributed by atoms with Gasteiger partial charge in [-0.05, 0) is 92.8 Å². The number of phenolic OH excluding ortho intramolecular Hbond substituents is 1. The Kier molecular flexibility index (Phi) is 40.0. The van der Waals surface area contributed by atoms with Gasteiger partial charge >= 0.3 is 17.9 Å². The van der Waals surface area contributed by atoms with Crippen LogP contribution in [0.25, 0.3) is 21.8 Å². The lowest BCUT2D eigenvalue weighted by atomic mass is 9.99. The molecule has 0 spiro atoms. The minimum atomic E-state index is -2.00. The number of likely N-dealkylation sites (N-methyl/N-ethyl adjacent to an activating group) is 3. The summed E-state index contributed by atoms with van der Waals surface area (Å²) in [6, 6.07) is -4.78. The normalized spacial score (nSPS) is 25.4. The molecule has 3 fully saturated rings. The summed E-state index contributed by atoms with van der Waals surface area (Å²) in [7, 11) is 3.72. The minimum Gasteiger partial charge on any atom is -0.508 e. The number of hydrogen-bond donors (Lipinski definition) is 21. The number of fused-ring (bicyclic) bond motifs is 4. The molecule has 23 N–H and O–H groups in total. The van der Waals surface area contributed by atoms with Gasteiger partial charge in [0, 0.05) is 119 Å². The Bertz CT molecular complexity index is 5070. The number of carbonyl (C=O) groups excluding carboxylic acids is 16. The number of aliphatic hydroxyl groups excluding tert-OH is 3. The number of carboxylic acids is 3. The molecule has 0 aliphatic carbocycles. The molecule has 3 saturated heterocycles. The number of unbranched alkanes of at least 4 members (excludes halogenated alkanes) is 2.